The van der Waals surface area contributed by atoms with Gasteiger partial charge in [0.1, 0.15) is 0 Å². The molecule has 1 saturated heterocycles. The van der Waals surface area contributed by atoms with Crippen molar-refractivity contribution in [1.29, 1.82) is 0 Å². The van der Waals surface area contributed by atoms with Crippen molar-refractivity contribution in [3.8, 4) is 0 Å². The van der Waals surface area contributed by atoms with E-state index in [0.717, 1.165) is 13.1 Å². The van der Waals surface area contributed by atoms with Crippen molar-refractivity contribution in [2.45, 2.75) is 19.1 Å². The lowest BCUT2D eigenvalue weighted by atomic mass is 10.2. The molecule has 0 radical (unpaired) electrons. The van der Waals surface area contributed by atoms with E-state index in [1.165, 1.54) is 4.90 Å². The largest absolute Gasteiger partial charge is 0.401 e. The molecule has 1 unspecified atom stereocenters. The summed E-state index contributed by atoms with van der Waals surface area (Å²) in [5, 5.41) is 3.23. The van der Waals surface area contributed by atoms with Crippen LogP contribution in [-0.2, 0) is 0 Å². The molecule has 0 aromatic rings. The monoisotopic (exact) mass is 265 g/mol. The molecular weight excluding hydrogens is 243 g/mol. The number of halogens is 3. The molecule has 0 aromatic heterocycles. The molecule has 1 aliphatic heterocycles. The Kier molecular flexibility index (Phi) is 6.11. The van der Waals surface area contributed by atoms with Gasteiger partial charge in [-0.2, -0.15) is 13.2 Å². The third kappa shape index (κ3) is 5.84. The molecule has 0 bridgehead atoms. The van der Waals surface area contributed by atoms with Crippen molar-refractivity contribution in [2.75, 3.05) is 45.8 Å². The molecule has 18 heavy (non-hydrogen) atoms. The van der Waals surface area contributed by atoms with Gasteiger partial charge in [-0.3, -0.25) is 9.80 Å². The van der Waals surface area contributed by atoms with E-state index in [1.54, 1.807) is 6.08 Å². The summed E-state index contributed by atoms with van der Waals surface area (Å²) in [6.07, 6.45) is -2.28. The Morgan fingerprint density at radius 3 is 2.39 bits per heavy atom. The zero-order chi connectivity index (χ0) is 13.6. The molecule has 1 atom stereocenters. The highest BCUT2D eigenvalue weighted by Gasteiger charge is 2.32. The Balaban J connectivity index is 2.24. The molecule has 1 fully saturated rings. The van der Waals surface area contributed by atoms with E-state index >= 15 is 0 Å². The topological polar surface area (TPSA) is 18.5 Å². The summed E-state index contributed by atoms with van der Waals surface area (Å²) < 4.78 is 36.7. The molecule has 3 nitrogen and oxygen atoms in total. The SMILES string of the molecule is C=CCNCC(C)N1CCN(CC(F)(F)F)CC1. The minimum atomic E-state index is -4.08. The van der Waals surface area contributed by atoms with Crippen molar-refractivity contribution in [3.05, 3.63) is 12.7 Å². The molecule has 106 valence electrons. The highest BCUT2D eigenvalue weighted by molar-refractivity contribution is 4.79. The molecular formula is C12H22F3N3. The van der Waals surface area contributed by atoms with Crippen LogP contribution in [0.3, 0.4) is 0 Å². The van der Waals surface area contributed by atoms with E-state index in [-0.39, 0.29) is 0 Å². The Hall–Kier alpha value is -0.590. The van der Waals surface area contributed by atoms with Crippen LogP contribution in [0.25, 0.3) is 0 Å². The second kappa shape index (κ2) is 7.11. The summed E-state index contributed by atoms with van der Waals surface area (Å²) >= 11 is 0. The molecule has 0 aromatic carbocycles. The smallest absolute Gasteiger partial charge is 0.312 e. The van der Waals surface area contributed by atoms with Gasteiger partial charge < -0.3 is 5.32 Å². The van der Waals surface area contributed by atoms with Gasteiger partial charge >= 0.3 is 6.18 Å². The van der Waals surface area contributed by atoms with Crippen LogP contribution < -0.4 is 5.32 Å². The second-order valence-electron chi connectivity index (χ2n) is 4.72. The van der Waals surface area contributed by atoms with Crippen molar-refractivity contribution in [1.82, 2.24) is 15.1 Å². The van der Waals surface area contributed by atoms with E-state index in [9.17, 15) is 13.2 Å². The predicted octanol–water partition coefficient (Wildman–Crippen LogP) is 1.33. The van der Waals surface area contributed by atoms with Gasteiger partial charge in [0.15, 0.2) is 0 Å². The molecule has 1 aliphatic rings. The summed E-state index contributed by atoms with van der Waals surface area (Å²) in [6, 6.07) is 0.345. The van der Waals surface area contributed by atoms with Crippen molar-refractivity contribution in [2.24, 2.45) is 0 Å². The Labute approximate surface area is 107 Å². The van der Waals surface area contributed by atoms with Crippen molar-refractivity contribution < 1.29 is 13.2 Å². The molecule has 1 rings (SSSR count). The van der Waals surface area contributed by atoms with Gasteiger partial charge in [-0.15, -0.1) is 6.58 Å². The fourth-order valence-electron chi connectivity index (χ4n) is 2.14. The number of nitrogens with zero attached hydrogens (tertiary/aromatic N) is 2. The van der Waals surface area contributed by atoms with Gasteiger partial charge in [-0.25, -0.2) is 0 Å². The molecule has 0 saturated carbocycles. The average Bonchev–Trinajstić information content (AvgIpc) is 2.28. The van der Waals surface area contributed by atoms with Crippen molar-refractivity contribution >= 4 is 0 Å². The number of alkyl halides is 3. The van der Waals surface area contributed by atoms with Crippen LogP contribution >= 0.6 is 0 Å². The molecule has 1 N–H and O–H groups in total. The fourth-order valence-corrected chi connectivity index (χ4v) is 2.14. The van der Waals surface area contributed by atoms with E-state index in [2.05, 4.69) is 23.7 Å². The van der Waals surface area contributed by atoms with E-state index < -0.39 is 12.7 Å². The van der Waals surface area contributed by atoms with E-state index in [4.69, 9.17) is 0 Å². The number of piperazine rings is 1. The van der Waals surface area contributed by atoms with Crippen LogP contribution in [-0.4, -0.2) is 67.8 Å². The van der Waals surface area contributed by atoms with Gasteiger partial charge in [0.05, 0.1) is 6.54 Å². The Morgan fingerprint density at radius 1 is 1.28 bits per heavy atom. The molecule has 1 heterocycles. The summed E-state index contributed by atoms with van der Waals surface area (Å²) in [7, 11) is 0. The molecule has 6 heteroatoms. The summed E-state index contributed by atoms with van der Waals surface area (Å²) in [6.45, 7) is 8.92. The van der Waals surface area contributed by atoms with E-state index in [0.29, 0.717) is 32.2 Å². The molecule has 0 spiro atoms. The lowest BCUT2D eigenvalue weighted by molar-refractivity contribution is -0.149. The summed E-state index contributed by atoms with van der Waals surface area (Å²) in [5.41, 5.74) is 0. The lowest BCUT2D eigenvalue weighted by Gasteiger charge is -2.38. The third-order valence-electron chi connectivity index (χ3n) is 3.16. The minimum Gasteiger partial charge on any atom is -0.312 e. The third-order valence-corrected chi connectivity index (χ3v) is 3.16. The number of hydrogen-bond donors (Lipinski definition) is 1. The van der Waals surface area contributed by atoms with Crippen LogP contribution in [0.2, 0.25) is 0 Å². The van der Waals surface area contributed by atoms with Gasteiger partial charge in [0, 0.05) is 45.3 Å². The van der Waals surface area contributed by atoms with Gasteiger partial charge in [-0.05, 0) is 6.92 Å². The first-order chi connectivity index (χ1) is 8.42. The highest BCUT2D eigenvalue weighted by atomic mass is 19.4. The van der Waals surface area contributed by atoms with E-state index in [1.807, 2.05) is 0 Å². The fraction of sp³-hybridized carbons (Fsp3) is 0.833. The minimum absolute atomic E-state index is 0.345. The predicted molar refractivity (Wildman–Crippen MR) is 66.6 cm³/mol. The Bertz CT molecular complexity index is 247. The number of hydrogen-bond acceptors (Lipinski definition) is 3. The Morgan fingerprint density at radius 2 is 1.89 bits per heavy atom. The first kappa shape index (κ1) is 15.5. The van der Waals surface area contributed by atoms with Crippen LogP contribution in [0, 0.1) is 0 Å². The lowest BCUT2D eigenvalue weighted by Crippen LogP contribution is -2.53. The maximum atomic E-state index is 12.2. The zero-order valence-electron chi connectivity index (χ0n) is 10.8. The maximum Gasteiger partial charge on any atom is 0.401 e. The summed E-state index contributed by atoms with van der Waals surface area (Å²) in [4.78, 5) is 3.70. The van der Waals surface area contributed by atoms with Gasteiger partial charge in [-0.1, -0.05) is 6.08 Å². The van der Waals surface area contributed by atoms with Crippen LogP contribution in [0.4, 0.5) is 13.2 Å². The molecule has 0 amide bonds. The zero-order valence-corrected chi connectivity index (χ0v) is 10.8. The number of nitrogens with one attached hydrogen (secondary N) is 1. The maximum absolute atomic E-state index is 12.2. The van der Waals surface area contributed by atoms with Gasteiger partial charge in [0.2, 0.25) is 0 Å². The van der Waals surface area contributed by atoms with Crippen LogP contribution in [0.5, 0.6) is 0 Å². The first-order valence-corrected chi connectivity index (χ1v) is 6.27. The number of rotatable bonds is 6. The standard InChI is InChI=1S/C12H22F3N3/c1-3-4-16-9-11(2)18-7-5-17(6-8-18)10-12(13,14)15/h3,11,16H,1,4-10H2,2H3. The first-order valence-electron chi connectivity index (χ1n) is 6.27. The normalized spacial score (nSPS) is 20.9. The van der Waals surface area contributed by atoms with Crippen LogP contribution in [0.1, 0.15) is 6.92 Å². The second-order valence-corrected chi connectivity index (χ2v) is 4.72. The quantitative estimate of drug-likeness (QED) is 0.577. The van der Waals surface area contributed by atoms with Crippen LogP contribution in [0.15, 0.2) is 12.7 Å². The summed E-state index contributed by atoms with van der Waals surface area (Å²) in [5.74, 6) is 0. The average molecular weight is 265 g/mol. The van der Waals surface area contributed by atoms with Gasteiger partial charge in [0.25, 0.3) is 0 Å². The van der Waals surface area contributed by atoms with Crippen molar-refractivity contribution in [3.63, 3.8) is 0 Å². The molecule has 0 aliphatic carbocycles. The highest BCUT2D eigenvalue weighted by Crippen LogP contribution is 2.17.